The summed E-state index contributed by atoms with van der Waals surface area (Å²) in [5, 5.41) is 10.8. The van der Waals surface area contributed by atoms with E-state index in [1.807, 2.05) is 0 Å². The highest BCUT2D eigenvalue weighted by molar-refractivity contribution is 9.10. The van der Waals surface area contributed by atoms with Gasteiger partial charge in [-0.05, 0) is 28.8 Å². The van der Waals surface area contributed by atoms with Crippen molar-refractivity contribution >= 4 is 32.7 Å². The Labute approximate surface area is 106 Å². The van der Waals surface area contributed by atoms with Crippen LogP contribution in [0, 0.1) is 0 Å². The number of rotatable bonds is 2. The number of carbonyl (C=O) groups excluding carboxylic acids is 1. The molecule has 5 nitrogen and oxygen atoms in total. The van der Waals surface area contributed by atoms with E-state index in [-0.39, 0.29) is 5.91 Å². The molecule has 3 rings (SSSR count). The fourth-order valence-corrected chi connectivity index (χ4v) is 2.63. The third-order valence-corrected chi connectivity index (χ3v) is 3.75. The van der Waals surface area contributed by atoms with Gasteiger partial charge in [-0.25, -0.2) is 4.98 Å². The van der Waals surface area contributed by atoms with E-state index in [4.69, 9.17) is 0 Å². The molecule has 17 heavy (non-hydrogen) atoms. The summed E-state index contributed by atoms with van der Waals surface area (Å²) < 4.78 is 0.727. The maximum atomic E-state index is 11.7. The van der Waals surface area contributed by atoms with Gasteiger partial charge in [0, 0.05) is 18.4 Å². The summed E-state index contributed by atoms with van der Waals surface area (Å²) in [6.45, 7) is 0. The third kappa shape index (κ3) is 1.63. The molecule has 0 bridgehead atoms. The van der Waals surface area contributed by atoms with Gasteiger partial charge in [-0.3, -0.25) is 9.89 Å². The van der Waals surface area contributed by atoms with Crippen LogP contribution in [0.3, 0.4) is 0 Å². The van der Waals surface area contributed by atoms with Gasteiger partial charge in [0.1, 0.15) is 5.69 Å². The molecule has 2 N–H and O–H groups in total. The van der Waals surface area contributed by atoms with Crippen molar-refractivity contribution in [1.82, 2.24) is 20.5 Å². The number of hydrogen-bond donors (Lipinski definition) is 2. The molecule has 2 aromatic rings. The lowest BCUT2D eigenvalue weighted by Gasteiger charge is -2.03. The van der Waals surface area contributed by atoms with Crippen molar-refractivity contribution in [2.45, 2.75) is 18.8 Å². The Bertz CT molecular complexity index is 603. The first-order chi connectivity index (χ1) is 8.22. The molecular formula is C11H11BrN4O. The zero-order chi connectivity index (χ0) is 12.0. The smallest absolute Gasteiger partial charge is 0.270 e. The summed E-state index contributed by atoms with van der Waals surface area (Å²) in [4.78, 5) is 15.8. The van der Waals surface area contributed by atoms with E-state index in [1.165, 1.54) is 12.8 Å². The molecule has 0 aromatic carbocycles. The molecule has 0 radical (unpaired) electrons. The number of carbonyl (C=O) groups is 1. The summed E-state index contributed by atoms with van der Waals surface area (Å²) in [7, 11) is 1.60. The lowest BCUT2D eigenvalue weighted by molar-refractivity contribution is 0.0957. The summed E-state index contributed by atoms with van der Waals surface area (Å²) >= 11 is 3.47. The van der Waals surface area contributed by atoms with E-state index >= 15 is 0 Å². The van der Waals surface area contributed by atoms with Gasteiger partial charge >= 0.3 is 0 Å². The summed E-state index contributed by atoms with van der Waals surface area (Å²) in [6, 6.07) is 0. The maximum absolute atomic E-state index is 11.7. The molecule has 1 fully saturated rings. The van der Waals surface area contributed by atoms with Crippen LogP contribution in [0.2, 0.25) is 0 Å². The molecule has 1 aliphatic carbocycles. The molecule has 1 saturated carbocycles. The molecule has 0 saturated heterocycles. The topological polar surface area (TPSA) is 70.7 Å². The fraction of sp³-hybridized carbons (Fsp3) is 0.364. The van der Waals surface area contributed by atoms with Gasteiger partial charge in [0.15, 0.2) is 0 Å². The predicted octanol–water partition coefficient (Wildman–Crippen LogP) is 1.96. The van der Waals surface area contributed by atoms with Crippen LogP contribution < -0.4 is 5.32 Å². The van der Waals surface area contributed by atoms with Crippen LogP contribution in [-0.2, 0) is 0 Å². The van der Waals surface area contributed by atoms with Gasteiger partial charge in [-0.1, -0.05) is 0 Å². The van der Waals surface area contributed by atoms with E-state index in [9.17, 15) is 4.79 Å². The first-order valence-electron chi connectivity index (χ1n) is 5.47. The molecule has 1 amide bonds. The lowest BCUT2D eigenvalue weighted by atomic mass is 10.1. The standard InChI is InChI=1S/C11H11BrN4O/c1-13-11(17)10-8(12)7-6(4-14-10)15-16-9(7)5-2-3-5/h4-5H,2-3H2,1H3,(H,13,17)(H,15,16). The lowest BCUT2D eigenvalue weighted by Crippen LogP contribution is -2.19. The van der Waals surface area contributed by atoms with Crippen molar-refractivity contribution in [3.05, 3.63) is 22.1 Å². The number of H-pyrrole nitrogens is 1. The Hall–Kier alpha value is -1.43. The van der Waals surface area contributed by atoms with Gasteiger partial charge in [0.2, 0.25) is 0 Å². The fourth-order valence-electron chi connectivity index (χ4n) is 1.93. The van der Waals surface area contributed by atoms with Crippen LogP contribution >= 0.6 is 15.9 Å². The average Bonchev–Trinajstić information content (AvgIpc) is 3.09. The molecule has 2 heterocycles. The van der Waals surface area contributed by atoms with Crippen LogP contribution in [0.4, 0.5) is 0 Å². The monoisotopic (exact) mass is 294 g/mol. The van der Waals surface area contributed by atoms with Gasteiger partial charge in [0.25, 0.3) is 5.91 Å². The molecule has 0 atom stereocenters. The number of nitrogens with zero attached hydrogens (tertiary/aromatic N) is 2. The van der Waals surface area contributed by atoms with Crippen LogP contribution in [0.1, 0.15) is 34.9 Å². The van der Waals surface area contributed by atoms with Crippen LogP contribution in [0.25, 0.3) is 10.9 Å². The Kier molecular flexibility index (Phi) is 2.39. The predicted molar refractivity (Wildman–Crippen MR) is 67.0 cm³/mol. The van der Waals surface area contributed by atoms with Crippen molar-refractivity contribution in [2.75, 3.05) is 7.05 Å². The Morgan fingerprint density at radius 2 is 2.35 bits per heavy atom. The molecular weight excluding hydrogens is 284 g/mol. The molecule has 0 aliphatic heterocycles. The minimum atomic E-state index is -0.193. The number of hydrogen-bond acceptors (Lipinski definition) is 3. The molecule has 6 heteroatoms. The quantitative estimate of drug-likeness (QED) is 0.889. The van der Waals surface area contributed by atoms with Gasteiger partial charge in [-0.15, -0.1) is 0 Å². The van der Waals surface area contributed by atoms with Gasteiger partial charge in [-0.2, -0.15) is 5.10 Å². The highest BCUT2D eigenvalue weighted by Gasteiger charge is 2.30. The average molecular weight is 295 g/mol. The van der Waals surface area contributed by atoms with Crippen LogP contribution in [0.15, 0.2) is 10.7 Å². The summed E-state index contributed by atoms with van der Waals surface area (Å²) in [5.41, 5.74) is 2.31. The molecule has 88 valence electrons. The van der Waals surface area contributed by atoms with Crippen molar-refractivity contribution in [3.8, 4) is 0 Å². The number of fused-ring (bicyclic) bond motifs is 1. The Morgan fingerprint density at radius 3 is 3.00 bits per heavy atom. The molecule has 0 unspecified atom stereocenters. The number of amides is 1. The van der Waals surface area contributed by atoms with E-state index < -0.39 is 0 Å². The first kappa shape index (κ1) is 10.7. The zero-order valence-corrected chi connectivity index (χ0v) is 10.8. The minimum Gasteiger partial charge on any atom is -0.354 e. The number of pyridine rings is 1. The van der Waals surface area contributed by atoms with E-state index in [0.29, 0.717) is 11.6 Å². The second kappa shape index (κ2) is 3.80. The molecule has 2 aromatic heterocycles. The molecule has 0 spiro atoms. The number of aromatic nitrogens is 3. The Morgan fingerprint density at radius 1 is 1.59 bits per heavy atom. The van der Waals surface area contributed by atoms with Crippen molar-refractivity contribution < 1.29 is 4.79 Å². The normalized spacial score (nSPS) is 15.2. The van der Waals surface area contributed by atoms with E-state index in [0.717, 1.165) is 21.1 Å². The second-order valence-corrected chi connectivity index (χ2v) is 4.96. The minimum absolute atomic E-state index is 0.193. The molecule has 1 aliphatic rings. The van der Waals surface area contributed by atoms with Gasteiger partial charge < -0.3 is 5.32 Å². The Balaban J connectivity index is 2.24. The van der Waals surface area contributed by atoms with Crippen LogP contribution in [0.5, 0.6) is 0 Å². The number of halogens is 1. The van der Waals surface area contributed by atoms with Crippen LogP contribution in [-0.4, -0.2) is 28.1 Å². The summed E-state index contributed by atoms with van der Waals surface area (Å²) in [5.74, 6) is 0.335. The third-order valence-electron chi connectivity index (χ3n) is 2.98. The number of nitrogens with one attached hydrogen (secondary N) is 2. The summed E-state index contributed by atoms with van der Waals surface area (Å²) in [6.07, 6.45) is 4.00. The zero-order valence-electron chi connectivity index (χ0n) is 9.25. The largest absolute Gasteiger partial charge is 0.354 e. The highest BCUT2D eigenvalue weighted by Crippen LogP contribution is 2.43. The van der Waals surface area contributed by atoms with Crippen molar-refractivity contribution in [1.29, 1.82) is 0 Å². The van der Waals surface area contributed by atoms with E-state index in [2.05, 4.69) is 36.4 Å². The van der Waals surface area contributed by atoms with E-state index in [1.54, 1.807) is 13.2 Å². The SMILES string of the molecule is CNC(=O)c1ncc2[nH]nc(C3CC3)c2c1Br. The van der Waals surface area contributed by atoms with Crippen molar-refractivity contribution in [2.24, 2.45) is 0 Å². The highest BCUT2D eigenvalue weighted by atomic mass is 79.9. The maximum Gasteiger partial charge on any atom is 0.270 e. The van der Waals surface area contributed by atoms with Crippen molar-refractivity contribution in [3.63, 3.8) is 0 Å². The van der Waals surface area contributed by atoms with Gasteiger partial charge in [0.05, 0.1) is 21.9 Å². The second-order valence-electron chi connectivity index (χ2n) is 4.17. The first-order valence-corrected chi connectivity index (χ1v) is 6.26. The number of aromatic amines is 1.